The molecule has 1 fully saturated rings. The number of halogens is 1. The molecule has 0 amide bonds. The number of thiophene rings is 1. The lowest BCUT2D eigenvalue weighted by Gasteiger charge is -2.48. The van der Waals surface area contributed by atoms with Gasteiger partial charge in [-0.25, -0.2) is 0 Å². The van der Waals surface area contributed by atoms with Crippen LogP contribution in [-0.2, 0) is 6.54 Å². The molecule has 0 saturated carbocycles. The van der Waals surface area contributed by atoms with E-state index in [0.717, 1.165) is 19.0 Å². The smallest absolute Gasteiger partial charge is 0.0332 e. The molecule has 1 aliphatic heterocycles. The maximum Gasteiger partial charge on any atom is 0.0332 e. The molecule has 1 aromatic heterocycles. The van der Waals surface area contributed by atoms with Crippen LogP contribution in [0.25, 0.3) is 0 Å². The summed E-state index contributed by atoms with van der Waals surface area (Å²) in [5.74, 6) is 0.755. The highest BCUT2D eigenvalue weighted by Crippen LogP contribution is 2.29. The first kappa shape index (κ1) is 17.5. The van der Waals surface area contributed by atoms with E-state index in [-0.39, 0.29) is 0 Å². The van der Waals surface area contributed by atoms with E-state index < -0.39 is 0 Å². The quantitative estimate of drug-likeness (QED) is 0.764. The van der Waals surface area contributed by atoms with Gasteiger partial charge in [0.15, 0.2) is 0 Å². The van der Waals surface area contributed by atoms with Crippen LogP contribution < -0.4 is 5.32 Å². The van der Waals surface area contributed by atoms with E-state index in [1.807, 2.05) is 11.3 Å². The standard InChI is InChI=1S/C17H29BrN2S/c1-5-17(6-2)12-20(10-16-8-14(18)11-21-16)15(9-19-17)7-13(3)4/h8,11,13,15,19H,5-7,9-10,12H2,1-4H3. The average molecular weight is 373 g/mol. The van der Waals surface area contributed by atoms with E-state index in [0.29, 0.717) is 11.6 Å². The van der Waals surface area contributed by atoms with Crippen molar-refractivity contribution < 1.29 is 0 Å². The van der Waals surface area contributed by atoms with Gasteiger partial charge in [-0.05, 0) is 47.2 Å². The minimum absolute atomic E-state index is 0.308. The second-order valence-corrected chi connectivity index (χ2v) is 8.70. The molecule has 4 heteroatoms. The van der Waals surface area contributed by atoms with E-state index in [1.54, 1.807) is 0 Å². The van der Waals surface area contributed by atoms with Gasteiger partial charge in [-0.2, -0.15) is 0 Å². The molecule has 0 bridgehead atoms. The third-order valence-corrected chi connectivity index (χ3v) is 6.49. The summed E-state index contributed by atoms with van der Waals surface area (Å²) >= 11 is 5.45. The number of hydrogen-bond donors (Lipinski definition) is 1. The van der Waals surface area contributed by atoms with Gasteiger partial charge in [-0.1, -0.05) is 27.7 Å². The summed E-state index contributed by atoms with van der Waals surface area (Å²) in [6.45, 7) is 12.7. The van der Waals surface area contributed by atoms with Crippen LogP contribution in [0, 0.1) is 5.92 Å². The van der Waals surface area contributed by atoms with Crippen LogP contribution in [0.15, 0.2) is 15.9 Å². The average Bonchev–Trinajstić information content (AvgIpc) is 2.86. The summed E-state index contributed by atoms with van der Waals surface area (Å²) in [6, 6.07) is 2.94. The lowest BCUT2D eigenvalue weighted by atomic mass is 9.87. The normalized spacial score (nSPS) is 22.9. The van der Waals surface area contributed by atoms with Crippen LogP contribution in [0.1, 0.15) is 51.8 Å². The number of nitrogens with one attached hydrogen (secondary N) is 1. The van der Waals surface area contributed by atoms with Crippen LogP contribution in [0.5, 0.6) is 0 Å². The summed E-state index contributed by atoms with van der Waals surface area (Å²) in [5.41, 5.74) is 0.308. The maximum absolute atomic E-state index is 3.86. The topological polar surface area (TPSA) is 15.3 Å². The minimum atomic E-state index is 0.308. The number of piperazine rings is 1. The number of nitrogens with zero attached hydrogens (tertiary/aromatic N) is 1. The molecule has 0 aliphatic carbocycles. The molecule has 1 aromatic rings. The molecule has 2 nitrogen and oxygen atoms in total. The Labute approximate surface area is 142 Å². The van der Waals surface area contributed by atoms with Crippen molar-refractivity contribution in [1.82, 2.24) is 10.2 Å². The second-order valence-electron chi connectivity index (χ2n) is 6.79. The van der Waals surface area contributed by atoms with Gasteiger partial charge in [0, 0.05) is 45.9 Å². The zero-order valence-electron chi connectivity index (χ0n) is 13.8. The molecule has 1 atom stereocenters. The summed E-state index contributed by atoms with van der Waals surface area (Å²) in [5, 5.41) is 6.06. The molecule has 1 aliphatic rings. The Morgan fingerprint density at radius 3 is 2.67 bits per heavy atom. The second kappa shape index (κ2) is 7.58. The molecule has 0 radical (unpaired) electrons. The van der Waals surface area contributed by atoms with Crippen molar-refractivity contribution in [3.63, 3.8) is 0 Å². The van der Waals surface area contributed by atoms with Crippen LogP contribution in [0.3, 0.4) is 0 Å². The molecule has 2 rings (SSSR count). The van der Waals surface area contributed by atoms with Crippen molar-refractivity contribution in [3.8, 4) is 0 Å². The van der Waals surface area contributed by atoms with Gasteiger partial charge in [-0.3, -0.25) is 4.90 Å². The summed E-state index contributed by atoms with van der Waals surface area (Å²) < 4.78 is 1.22. The fourth-order valence-corrected chi connectivity index (χ4v) is 4.83. The van der Waals surface area contributed by atoms with Gasteiger partial charge >= 0.3 is 0 Å². The van der Waals surface area contributed by atoms with Gasteiger partial charge in [0.05, 0.1) is 0 Å². The Hall–Kier alpha value is 0.1000. The van der Waals surface area contributed by atoms with Crippen molar-refractivity contribution >= 4 is 27.3 Å². The Balaban J connectivity index is 2.12. The molecule has 0 aromatic carbocycles. The highest BCUT2D eigenvalue weighted by atomic mass is 79.9. The van der Waals surface area contributed by atoms with Gasteiger partial charge in [0.1, 0.15) is 0 Å². The van der Waals surface area contributed by atoms with Crippen molar-refractivity contribution in [3.05, 3.63) is 20.8 Å². The Bertz CT molecular complexity index is 440. The molecular formula is C17H29BrN2S. The first-order chi connectivity index (χ1) is 9.98. The van der Waals surface area contributed by atoms with E-state index in [1.165, 1.54) is 35.2 Å². The lowest BCUT2D eigenvalue weighted by Crippen LogP contribution is -2.63. The first-order valence-corrected chi connectivity index (χ1v) is 9.87. The molecular weight excluding hydrogens is 344 g/mol. The number of hydrogen-bond acceptors (Lipinski definition) is 3. The van der Waals surface area contributed by atoms with Crippen LogP contribution in [0.2, 0.25) is 0 Å². The van der Waals surface area contributed by atoms with Crippen molar-refractivity contribution in [1.29, 1.82) is 0 Å². The Morgan fingerprint density at radius 2 is 2.14 bits per heavy atom. The molecule has 0 spiro atoms. The van der Waals surface area contributed by atoms with Crippen molar-refractivity contribution in [2.75, 3.05) is 13.1 Å². The van der Waals surface area contributed by atoms with Gasteiger partial charge in [0.25, 0.3) is 0 Å². The van der Waals surface area contributed by atoms with Crippen molar-refractivity contribution in [2.24, 2.45) is 5.92 Å². The van der Waals surface area contributed by atoms with Crippen molar-refractivity contribution in [2.45, 2.75) is 65.1 Å². The molecule has 21 heavy (non-hydrogen) atoms. The predicted octanol–water partition coefficient (Wildman–Crippen LogP) is 4.89. The maximum atomic E-state index is 3.86. The molecule has 1 N–H and O–H groups in total. The van der Waals surface area contributed by atoms with Gasteiger partial charge in [0.2, 0.25) is 0 Å². The monoisotopic (exact) mass is 372 g/mol. The predicted molar refractivity (Wildman–Crippen MR) is 97.0 cm³/mol. The highest BCUT2D eigenvalue weighted by Gasteiger charge is 2.36. The summed E-state index contributed by atoms with van der Waals surface area (Å²) in [4.78, 5) is 4.19. The minimum Gasteiger partial charge on any atom is -0.308 e. The molecule has 1 unspecified atom stereocenters. The van der Waals surface area contributed by atoms with E-state index in [9.17, 15) is 0 Å². The van der Waals surface area contributed by atoms with E-state index in [4.69, 9.17) is 0 Å². The summed E-state index contributed by atoms with van der Waals surface area (Å²) in [6.07, 6.45) is 3.70. The third-order valence-electron chi connectivity index (χ3n) is 4.81. The zero-order chi connectivity index (χ0) is 15.5. The van der Waals surface area contributed by atoms with E-state index in [2.05, 4.69) is 65.3 Å². The summed E-state index contributed by atoms with van der Waals surface area (Å²) in [7, 11) is 0. The lowest BCUT2D eigenvalue weighted by molar-refractivity contribution is 0.0568. The van der Waals surface area contributed by atoms with Crippen LogP contribution in [-0.4, -0.2) is 29.6 Å². The highest BCUT2D eigenvalue weighted by molar-refractivity contribution is 9.10. The SMILES string of the molecule is CCC1(CC)CN(Cc2cc(Br)cs2)C(CC(C)C)CN1. The fraction of sp³-hybridized carbons (Fsp3) is 0.765. The fourth-order valence-electron chi connectivity index (χ4n) is 3.36. The van der Waals surface area contributed by atoms with E-state index >= 15 is 0 Å². The Kier molecular flexibility index (Phi) is 6.30. The van der Waals surface area contributed by atoms with Gasteiger partial charge < -0.3 is 5.32 Å². The first-order valence-electron chi connectivity index (χ1n) is 8.20. The van der Waals surface area contributed by atoms with Crippen LogP contribution >= 0.6 is 27.3 Å². The number of rotatable bonds is 6. The largest absolute Gasteiger partial charge is 0.308 e. The Morgan fingerprint density at radius 1 is 1.43 bits per heavy atom. The van der Waals surface area contributed by atoms with Gasteiger partial charge in [-0.15, -0.1) is 11.3 Å². The molecule has 2 heterocycles. The molecule has 1 saturated heterocycles. The third kappa shape index (κ3) is 4.54. The van der Waals surface area contributed by atoms with Crippen LogP contribution in [0.4, 0.5) is 0 Å². The molecule has 120 valence electrons. The zero-order valence-corrected chi connectivity index (χ0v) is 16.2.